The lowest BCUT2D eigenvalue weighted by molar-refractivity contribution is -0.150. The smallest absolute Gasteiger partial charge is 0.352 e. The van der Waals surface area contributed by atoms with Gasteiger partial charge in [0.1, 0.15) is 28.9 Å². The molecule has 10 nitrogen and oxygen atoms in total. The number of carboxylic acids is 1. The molecule has 158 valence electrons. The number of carbonyl (C=O) groups is 3. The zero-order valence-corrected chi connectivity index (χ0v) is 17.5. The molecule has 3 unspecified atom stereocenters. The number of aromatic nitrogens is 1. The lowest BCUT2D eigenvalue weighted by atomic mass is 10.0. The van der Waals surface area contributed by atoms with Crippen molar-refractivity contribution in [3.63, 3.8) is 0 Å². The van der Waals surface area contributed by atoms with Gasteiger partial charge in [-0.05, 0) is 31.9 Å². The predicted molar refractivity (Wildman–Crippen MR) is 112 cm³/mol. The van der Waals surface area contributed by atoms with Crippen molar-refractivity contribution in [1.29, 1.82) is 0 Å². The largest absolute Gasteiger partial charge is 0.477 e. The summed E-state index contributed by atoms with van der Waals surface area (Å²) in [5.41, 5.74) is 5.78. The summed E-state index contributed by atoms with van der Waals surface area (Å²) in [5.74, 6) is -2.30. The van der Waals surface area contributed by atoms with Crippen molar-refractivity contribution in [2.75, 3.05) is 5.73 Å². The van der Waals surface area contributed by atoms with E-state index in [0.717, 1.165) is 24.2 Å². The molecule has 1 aromatic heterocycles. The summed E-state index contributed by atoms with van der Waals surface area (Å²) in [5, 5.41) is 17.2. The predicted octanol–water partition coefficient (Wildman–Crippen LogP) is 0.922. The van der Waals surface area contributed by atoms with Gasteiger partial charge in [-0.25, -0.2) is 9.78 Å². The number of thiazole rings is 1. The number of oxime groups is 1. The van der Waals surface area contributed by atoms with Gasteiger partial charge in [-0.1, -0.05) is 11.2 Å². The minimum atomic E-state index is -1.18. The third-order valence-electron chi connectivity index (χ3n) is 4.78. The second kappa shape index (κ2) is 8.11. The summed E-state index contributed by atoms with van der Waals surface area (Å²) in [6.07, 6.45) is 6.75. The van der Waals surface area contributed by atoms with Crippen LogP contribution in [0.3, 0.4) is 0 Å². The van der Waals surface area contributed by atoms with E-state index in [9.17, 15) is 19.5 Å². The van der Waals surface area contributed by atoms with Crippen LogP contribution in [0.1, 0.15) is 25.5 Å². The molecule has 1 fully saturated rings. The van der Waals surface area contributed by atoms with Gasteiger partial charge in [-0.3, -0.25) is 14.5 Å². The van der Waals surface area contributed by atoms with Crippen LogP contribution in [0, 0.1) is 0 Å². The summed E-state index contributed by atoms with van der Waals surface area (Å²) in [4.78, 5) is 47.7. The first-order valence-corrected chi connectivity index (χ1v) is 11.0. The van der Waals surface area contributed by atoms with Gasteiger partial charge < -0.3 is 21.0 Å². The fourth-order valence-electron chi connectivity index (χ4n) is 3.35. The van der Waals surface area contributed by atoms with Crippen LogP contribution in [0.4, 0.5) is 5.13 Å². The minimum Gasteiger partial charge on any atom is -0.477 e. The minimum absolute atomic E-state index is 0.0701. The van der Waals surface area contributed by atoms with Gasteiger partial charge in [0.25, 0.3) is 11.8 Å². The molecule has 2 amide bonds. The molecule has 1 saturated heterocycles. The molecule has 2 aliphatic heterocycles. The number of carboxylic acid groups (broad SMARTS) is 1. The van der Waals surface area contributed by atoms with Gasteiger partial charge >= 0.3 is 5.97 Å². The number of amides is 2. The van der Waals surface area contributed by atoms with Gasteiger partial charge in [0.15, 0.2) is 10.8 Å². The molecule has 4 rings (SSSR count). The van der Waals surface area contributed by atoms with Crippen molar-refractivity contribution in [3.8, 4) is 0 Å². The average Bonchev–Trinajstić information content (AvgIpc) is 3.37. The monoisotopic (exact) mass is 449 g/mol. The summed E-state index contributed by atoms with van der Waals surface area (Å²) in [6.45, 7) is 1.83. The zero-order valence-electron chi connectivity index (χ0n) is 15.8. The third-order valence-corrected chi connectivity index (χ3v) is 6.78. The lowest BCUT2D eigenvalue weighted by Crippen LogP contribution is -2.71. The Morgan fingerprint density at radius 2 is 2.27 bits per heavy atom. The Morgan fingerprint density at radius 1 is 1.47 bits per heavy atom. The maximum atomic E-state index is 13.0. The van der Waals surface area contributed by atoms with Crippen LogP contribution >= 0.6 is 23.1 Å². The lowest BCUT2D eigenvalue weighted by Gasteiger charge is -2.49. The number of anilines is 1. The number of allylic oxidation sites excluding steroid dienone is 1. The molecule has 4 N–H and O–H groups in total. The Morgan fingerprint density at radius 3 is 2.90 bits per heavy atom. The van der Waals surface area contributed by atoms with E-state index in [4.69, 9.17) is 10.6 Å². The fourth-order valence-corrected chi connectivity index (χ4v) is 5.23. The number of nitrogens with zero attached hydrogens (tertiary/aromatic N) is 3. The molecule has 1 aliphatic carbocycles. The standard InChI is InChI=1S/C18H19N5O5S2/c1-8-6-11(17(26)27)23-15(25)13(16(23)30-8)21-14(24)12(10-7-29-18(19)20-10)22-28-9-4-2-3-5-9/h2,4,6-9,13,16H,3,5H2,1H3,(H2,19,20)(H,21,24)(H,26,27)/t8?,9?,13?,16-/m0/s1. The molecule has 30 heavy (non-hydrogen) atoms. The molecular weight excluding hydrogens is 430 g/mol. The normalized spacial score (nSPS) is 27.9. The number of nitrogen functional groups attached to an aromatic ring is 1. The molecule has 0 aromatic carbocycles. The highest BCUT2D eigenvalue weighted by molar-refractivity contribution is 8.00. The van der Waals surface area contributed by atoms with Gasteiger partial charge in [0.05, 0.1) is 0 Å². The van der Waals surface area contributed by atoms with Crippen LogP contribution in [0.25, 0.3) is 0 Å². The van der Waals surface area contributed by atoms with Crippen molar-refractivity contribution in [2.45, 2.75) is 42.5 Å². The Kier molecular flexibility index (Phi) is 5.52. The summed E-state index contributed by atoms with van der Waals surface area (Å²) < 4.78 is 0. The quantitative estimate of drug-likeness (QED) is 0.251. The van der Waals surface area contributed by atoms with E-state index in [-0.39, 0.29) is 33.6 Å². The number of fused-ring (bicyclic) bond motifs is 1. The van der Waals surface area contributed by atoms with Crippen molar-refractivity contribution >= 4 is 51.7 Å². The van der Waals surface area contributed by atoms with E-state index in [0.29, 0.717) is 0 Å². The second-order valence-corrected chi connectivity index (χ2v) is 9.30. The number of nitrogens with one attached hydrogen (secondary N) is 1. The summed E-state index contributed by atoms with van der Waals surface area (Å²) in [6, 6.07) is -0.874. The first-order valence-electron chi connectivity index (χ1n) is 9.21. The number of thioether (sulfide) groups is 1. The summed E-state index contributed by atoms with van der Waals surface area (Å²) in [7, 11) is 0. The van der Waals surface area contributed by atoms with Crippen molar-refractivity contribution in [1.82, 2.24) is 15.2 Å². The van der Waals surface area contributed by atoms with E-state index in [2.05, 4.69) is 15.5 Å². The molecule has 4 atom stereocenters. The van der Waals surface area contributed by atoms with Crippen LogP contribution in [0.2, 0.25) is 0 Å². The van der Waals surface area contributed by atoms with Gasteiger partial charge in [0.2, 0.25) is 0 Å². The Hall–Kier alpha value is -2.86. The number of aliphatic carboxylic acids is 1. The number of rotatable bonds is 6. The maximum absolute atomic E-state index is 13.0. The fraction of sp³-hybridized carbons (Fsp3) is 0.389. The number of hydrogen-bond acceptors (Lipinski definition) is 9. The number of carbonyl (C=O) groups excluding carboxylic acids is 2. The Bertz CT molecular complexity index is 987. The van der Waals surface area contributed by atoms with E-state index in [1.807, 2.05) is 19.1 Å². The molecular formula is C18H19N5O5S2. The molecule has 0 spiro atoms. The first-order chi connectivity index (χ1) is 14.3. The maximum Gasteiger partial charge on any atom is 0.352 e. The van der Waals surface area contributed by atoms with Crippen LogP contribution in [-0.4, -0.2) is 61.3 Å². The van der Waals surface area contributed by atoms with Crippen molar-refractivity contribution < 1.29 is 24.3 Å². The molecule has 3 heterocycles. The van der Waals surface area contributed by atoms with Gasteiger partial charge in [0, 0.05) is 10.6 Å². The zero-order chi connectivity index (χ0) is 21.4. The number of nitrogens with two attached hydrogens (primary N) is 1. The van der Waals surface area contributed by atoms with Crippen molar-refractivity contribution in [3.05, 3.63) is 35.0 Å². The van der Waals surface area contributed by atoms with Crippen LogP contribution < -0.4 is 11.1 Å². The molecule has 0 radical (unpaired) electrons. The van der Waals surface area contributed by atoms with Crippen LogP contribution in [-0.2, 0) is 19.2 Å². The highest BCUT2D eigenvalue weighted by atomic mass is 32.2. The SMILES string of the molecule is CC1C=C(C(=O)O)N2C(=O)C(NC(=O)C(=NOC3C=CCC3)c3csc(N)n3)[C@@H]2S1. The number of hydrogen-bond donors (Lipinski definition) is 3. The molecule has 12 heteroatoms. The van der Waals surface area contributed by atoms with Crippen molar-refractivity contribution in [2.24, 2.45) is 5.16 Å². The molecule has 1 aromatic rings. The van der Waals surface area contributed by atoms with Crippen LogP contribution in [0.5, 0.6) is 0 Å². The summed E-state index contributed by atoms with van der Waals surface area (Å²) >= 11 is 2.55. The van der Waals surface area contributed by atoms with E-state index >= 15 is 0 Å². The Balaban J connectivity index is 1.52. The average molecular weight is 450 g/mol. The highest BCUT2D eigenvalue weighted by Gasteiger charge is 2.54. The third kappa shape index (κ3) is 3.79. The highest BCUT2D eigenvalue weighted by Crippen LogP contribution is 2.40. The topological polar surface area (TPSA) is 147 Å². The number of β-lactam (4-membered cyclic amide) rings is 1. The second-order valence-electron chi connectivity index (χ2n) is 6.91. The first kappa shape index (κ1) is 20.4. The molecule has 0 saturated carbocycles. The Labute approximate surface area is 179 Å². The van der Waals surface area contributed by atoms with Crippen LogP contribution in [0.15, 0.2) is 34.5 Å². The molecule has 0 bridgehead atoms. The van der Waals surface area contributed by atoms with Gasteiger partial charge in [-0.2, -0.15) is 0 Å². The molecule has 3 aliphatic rings. The van der Waals surface area contributed by atoms with E-state index in [1.165, 1.54) is 22.7 Å². The van der Waals surface area contributed by atoms with Gasteiger partial charge in [-0.15, -0.1) is 23.1 Å². The van der Waals surface area contributed by atoms with E-state index < -0.39 is 29.2 Å². The van der Waals surface area contributed by atoms with E-state index in [1.54, 1.807) is 5.38 Å².